The van der Waals surface area contributed by atoms with Crippen LogP contribution in [0.2, 0.25) is 5.02 Å². The molecule has 108 valence electrons. The molecule has 0 radical (unpaired) electrons. The Hall–Kier alpha value is -1.21. The van der Waals surface area contributed by atoms with Gasteiger partial charge in [-0.15, -0.1) is 10.2 Å². The molecule has 1 aromatic heterocycles. The van der Waals surface area contributed by atoms with Crippen LogP contribution in [0.1, 0.15) is 0 Å². The molecule has 7 heteroatoms. The molecule has 0 aliphatic carbocycles. The number of benzene rings is 1. The van der Waals surface area contributed by atoms with E-state index < -0.39 is 6.10 Å². The van der Waals surface area contributed by atoms with Crippen molar-refractivity contribution in [3.63, 3.8) is 0 Å². The predicted molar refractivity (Wildman–Crippen MR) is 81.5 cm³/mol. The van der Waals surface area contributed by atoms with Gasteiger partial charge in [0.15, 0.2) is 5.01 Å². The van der Waals surface area contributed by atoms with E-state index in [2.05, 4.69) is 10.2 Å². The fourth-order valence-corrected chi connectivity index (χ4v) is 2.89. The lowest BCUT2D eigenvalue weighted by molar-refractivity contribution is 0.0695. The Bertz CT molecular complexity index is 564. The number of anilines is 1. The number of rotatable bonds is 6. The van der Waals surface area contributed by atoms with Crippen LogP contribution < -0.4 is 4.90 Å². The van der Waals surface area contributed by atoms with Crippen LogP contribution in [0.3, 0.4) is 0 Å². The van der Waals surface area contributed by atoms with Gasteiger partial charge in [0.1, 0.15) is 0 Å². The summed E-state index contributed by atoms with van der Waals surface area (Å²) < 4.78 is 4.90. The van der Waals surface area contributed by atoms with E-state index in [4.69, 9.17) is 16.3 Å². The summed E-state index contributed by atoms with van der Waals surface area (Å²) in [7, 11) is 3.42. The van der Waals surface area contributed by atoms with Gasteiger partial charge in [0.2, 0.25) is 5.13 Å². The van der Waals surface area contributed by atoms with E-state index >= 15 is 0 Å². The van der Waals surface area contributed by atoms with Gasteiger partial charge in [-0.1, -0.05) is 41.1 Å². The van der Waals surface area contributed by atoms with Gasteiger partial charge in [-0.25, -0.2) is 0 Å². The second kappa shape index (κ2) is 6.99. The quantitative estimate of drug-likeness (QED) is 0.887. The Labute approximate surface area is 126 Å². The smallest absolute Gasteiger partial charge is 0.208 e. The molecule has 20 heavy (non-hydrogen) atoms. The summed E-state index contributed by atoms with van der Waals surface area (Å²) >= 11 is 7.58. The van der Waals surface area contributed by atoms with Crippen molar-refractivity contribution in [2.45, 2.75) is 6.10 Å². The van der Waals surface area contributed by atoms with E-state index in [1.807, 2.05) is 36.2 Å². The average molecular weight is 314 g/mol. The van der Waals surface area contributed by atoms with Gasteiger partial charge in [0.25, 0.3) is 0 Å². The first-order valence-electron chi connectivity index (χ1n) is 6.08. The van der Waals surface area contributed by atoms with Crippen LogP contribution in [0.25, 0.3) is 10.6 Å². The zero-order chi connectivity index (χ0) is 14.5. The average Bonchev–Trinajstić information content (AvgIpc) is 2.89. The maximum absolute atomic E-state index is 9.72. The molecule has 0 fully saturated rings. The fraction of sp³-hybridized carbons (Fsp3) is 0.385. The summed E-state index contributed by atoms with van der Waals surface area (Å²) in [5, 5.41) is 20.1. The maximum Gasteiger partial charge on any atom is 0.208 e. The van der Waals surface area contributed by atoms with E-state index in [-0.39, 0.29) is 0 Å². The Balaban J connectivity index is 2.11. The number of hydrogen-bond donors (Lipinski definition) is 1. The van der Waals surface area contributed by atoms with Crippen LogP contribution in [-0.2, 0) is 4.74 Å². The van der Waals surface area contributed by atoms with Crippen molar-refractivity contribution in [1.82, 2.24) is 10.2 Å². The van der Waals surface area contributed by atoms with Crippen LogP contribution in [-0.4, -0.2) is 48.7 Å². The summed E-state index contributed by atoms with van der Waals surface area (Å²) in [5.74, 6) is 0. The third kappa shape index (κ3) is 3.67. The first-order valence-corrected chi connectivity index (χ1v) is 7.27. The van der Waals surface area contributed by atoms with Crippen LogP contribution in [0.4, 0.5) is 5.13 Å². The molecule has 2 rings (SSSR count). The van der Waals surface area contributed by atoms with Crippen molar-refractivity contribution in [2.24, 2.45) is 0 Å². The highest BCUT2D eigenvalue weighted by atomic mass is 35.5. The monoisotopic (exact) mass is 313 g/mol. The molecule has 0 spiro atoms. The third-order valence-electron chi connectivity index (χ3n) is 2.69. The normalized spacial score (nSPS) is 12.4. The molecule has 1 aromatic carbocycles. The molecule has 0 saturated heterocycles. The summed E-state index contributed by atoms with van der Waals surface area (Å²) in [6.45, 7) is 0.728. The lowest BCUT2D eigenvalue weighted by Crippen LogP contribution is -2.31. The minimum atomic E-state index is -0.558. The molecule has 2 aromatic rings. The van der Waals surface area contributed by atoms with Crippen molar-refractivity contribution >= 4 is 28.1 Å². The van der Waals surface area contributed by atoms with E-state index in [9.17, 15) is 5.11 Å². The molecule has 0 aliphatic heterocycles. The summed E-state index contributed by atoms with van der Waals surface area (Å²) in [4.78, 5) is 1.85. The van der Waals surface area contributed by atoms with E-state index in [0.29, 0.717) is 18.2 Å². The van der Waals surface area contributed by atoms with Crippen molar-refractivity contribution in [3.8, 4) is 10.6 Å². The van der Waals surface area contributed by atoms with Crippen LogP contribution in [0.5, 0.6) is 0 Å². The van der Waals surface area contributed by atoms with Gasteiger partial charge >= 0.3 is 0 Å². The molecule has 1 heterocycles. The van der Waals surface area contributed by atoms with E-state index in [1.165, 1.54) is 11.3 Å². The van der Waals surface area contributed by atoms with Gasteiger partial charge in [-0.3, -0.25) is 0 Å². The van der Waals surface area contributed by atoms with Crippen molar-refractivity contribution in [2.75, 3.05) is 32.2 Å². The first-order chi connectivity index (χ1) is 9.61. The number of aromatic nitrogens is 2. The predicted octanol–water partition coefficient (Wildman–Crippen LogP) is 2.30. The number of aliphatic hydroxyl groups is 1. The van der Waals surface area contributed by atoms with Crippen LogP contribution in [0, 0.1) is 0 Å². The highest BCUT2D eigenvalue weighted by Crippen LogP contribution is 2.32. The van der Waals surface area contributed by atoms with Crippen molar-refractivity contribution < 1.29 is 9.84 Å². The van der Waals surface area contributed by atoms with Gasteiger partial charge < -0.3 is 14.7 Å². The summed E-state index contributed by atoms with van der Waals surface area (Å²) in [6.07, 6.45) is -0.558. The first kappa shape index (κ1) is 15.2. The molecule has 0 saturated carbocycles. The van der Waals surface area contributed by atoms with E-state index in [0.717, 1.165) is 15.7 Å². The fourth-order valence-electron chi connectivity index (χ4n) is 1.75. The maximum atomic E-state index is 9.72. The lowest BCUT2D eigenvalue weighted by atomic mass is 10.2. The van der Waals surface area contributed by atoms with Gasteiger partial charge in [0, 0.05) is 26.3 Å². The number of nitrogens with zero attached hydrogens (tertiary/aromatic N) is 3. The van der Waals surface area contributed by atoms with Gasteiger partial charge in [-0.05, 0) is 6.07 Å². The van der Waals surface area contributed by atoms with Crippen LogP contribution in [0.15, 0.2) is 24.3 Å². The summed E-state index contributed by atoms with van der Waals surface area (Å²) in [6, 6.07) is 7.52. The standard InChI is InChI=1S/C13H16ClN3O2S/c1-17(7-9(18)8-19-2)13-16-15-12(20-13)10-5-3-4-6-11(10)14/h3-6,9,18H,7-8H2,1-2H3/t9-/m0/s1. The molecular weight excluding hydrogens is 298 g/mol. The molecule has 5 nitrogen and oxygen atoms in total. The zero-order valence-electron chi connectivity index (χ0n) is 11.3. The molecular formula is C13H16ClN3O2S. The number of ether oxygens (including phenoxy) is 1. The molecule has 0 bridgehead atoms. The molecule has 1 atom stereocenters. The number of hydrogen-bond acceptors (Lipinski definition) is 6. The van der Waals surface area contributed by atoms with Crippen molar-refractivity contribution in [1.29, 1.82) is 0 Å². The number of aliphatic hydroxyl groups excluding tert-OH is 1. The Morgan fingerprint density at radius 2 is 2.15 bits per heavy atom. The Morgan fingerprint density at radius 3 is 2.85 bits per heavy atom. The van der Waals surface area contributed by atoms with E-state index in [1.54, 1.807) is 7.11 Å². The minimum absolute atomic E-state index is 0.292. The SMILES string of the molecule is COC[C@@H](O)CN(C)c1nnc(-c2ccccc2Cl)s1. The molecule has 0 unspecified atom stereocenters. The Morgan fingerprint density at radius 1 is 1.40 bits per heavy atom. The zero-order valence-corrected chi connectivity index (χ0v) is 12.9. The highest BCUT2D eigenvalue weighted by molar-refractivity contribution is 7.18. The summed E-state index contributed by atoms with van der Waals surface area (Å²) in [5.41, 5.74) is 0.865. The third-order valence-corrected chi connectivity index (χ3v) is 4.09. The largest absolute Gasteiger partial charge is 0.389 e. The topological polar surface area (TPSA) is 58.5 Å². The lowest BCUT2D eigenvalue weighted by Gasteiger charge is -2.18. The highest BCUT2D eigenvalue weighted by Gasteiger charge is 2.15. The molecule has 1 N–H and O–H groups in total. The van der Waals surface area contributed by atoms with Crippen molar-refractivity contribution in [3.05, 3.63) is 29.3 Å². The second-order valence-electron chi connectivity index (χ2n) is 4.36. The minimum Gasteiger partial charge on any atom is -0.389 e. The molecule has 0 aliphatic rings. The van der Waals surface area contributed by atoms with Crippen LogP contribution >= 0.6 is 22.9 Å². The Kier molecular flexibility index (Phi) is 5.31. The number of methoxy groups -OCH3 is 1. The second-order valence-corrected chi connectivity index (χ2v) is 5.72. The number of likely N-dealkylation sites (N-methyl/N-ethyl adjacent to an activating group) is 1. The van der Waals surface area contributed by atoms with Gasteiger partial charge in [0.05, 0.1) is 17.7 Å². The molecule has 0 amide bonds. The van der Waals surface area contributed by atoms with Gasteiger partial charge in [-0.2, -0.15) is 0 Å². The number of halogens is 1.